The zero-order valence-electron chi connectivity index (χ0n) is 10.7. The van der Waals surface area contributed by atoms with E-state index in [1.54, 1.807) is 0 Å². The number of carboxylic acids is 1. The lowest BCUT2D eigenvalue weighted by Crippen LogP contribution is -2.48. The summed E-state index contributed by atoms with van der Waals surface area (Å²) in [6.07, 6.45) is -1.16. The highest BCUT2D eigenvalue weighted by Crippen LogP contribution is 2.19. The van der Waals surface area contributed by atoms with Crippen LogP contribution < -0.4 is 0 Å². The fourth-order valence-corrected chi connectivity index (χ4v) is 1.94. The molecule has 0 aliphatic carbocycles. The van der Waals surface area contributed by atoms with Crippen LogP contribution in [0.3, 0.4) is 0 Å². The number of nitro benzene ring substituents is 1. The quantitative estimate of drug-likeness (QED) is 0.648. The van der Waals surface area contributed by atoms with Crippen LogP contribution in [0.2, 0.25) is 0 Å². The molecule has 1 atom stereocenters. The molecule has 21 heavy (non-hydrogen) atoms. The number of rotatable bonds is 3. The summed E-state index contributed by atoms with van der Waals surface area (Å²) in [6.45, 7) is -0.0546. The second-order valence-corrected chi connectivity index (χ2v) is 4.37. The van der Waals surface area contributed by atoms with Crippen molar-refractivity contribution in [1.29, 1.82) is 0 Å². The number of aliphatic carboxylic acids is 1. The molecule has 1 saturated heterocycles. The summed E-state index contributed by atoms with van der Waals surface area (Å²) >= 11 is 0. The van der Waals surface area contributed by atoms with Gasteiger partial charge in [0.05, 0.1) is 29.7 Å². The smallest absolute Gasteiger partial charge is 0.334 e. The number of hydrogen-bond donors (Lipinski definition) is 1. The molecule has 2 rings (SSSR count). The predicted octanol–water partition coefficient (Wildman–Crippen LogP) is 0.659. The maximum atomic E-state index is 13.8. The monoisotopic (exact) mass is 298 g/mol. The van der Waals surface area contributed by atoms with Gasteiger partial charge in [0.2, 0.25) is 0 Å². The lowest BCUT2D eigenvalue weighted by Gasteiger charge is -2.30. The number of nitrogens with zero attached hydrogens (tertiary/aromatic N) is 2. The van der Waals surface area contributed by atoms with Gasteiger partial charge in [-0.2, -0.15) is 0 Å². The third-order valence-electron chi connectivity index (χ3n) is 3.02. The number of hydrogen-bond acceptors (Lipinski definition) is 5. The molecule has 1 aromatic rings. The van der Waals surface area contributed by atoms with Crippen LogP contribution in [0.4, 0.5) is 10.1 Å². The van der Waals surface area contributed by atoms with Crippen molar-refractivity contribution >= 4 is 17.6 Å². The Bertz CT molecular complexity index is 605. The SMILES string of the molecule is O=C(O)C1CN(C(=O)c2ccc([N+](=O)[O-])cc2F)CCO1. The molecule has 1 aliphatic heterocycles. The van der Waals surface area contributed by atoms with Crippen molar-refractivity contribution in [3.63, 3.8) is 0 Å². The first-order valence-electron chi connectivity index (χ1n) is 5.97. The van der Waals surface area contributed by atoms with Gasteiger partial charge >= 0.3 is 5.97 Å². The standard InChI is InChI=1S/C12H11FN2O6/c13-9-5-7(15(19)20)1-2-8(9)11(16)14-3-4-21-10(6-14)12(17)18/h1-2,5,10H,3-4,6H2,(H,17,18). The van der Waals surface area contributed by atoms with Gasteiger partial charge in [0, 0.05) is 12.6 Å². The molecule has 1 aromatic carbocycles. The fraction of sp³-hybridized carbons (Fsp3) is 0.333. The van der Waals surface area contributed by atoms with Gasteiger partial charge in [0.25, 0.3) is 11.6 Å². The van der Waals surface area contributed by atoms with Crippen LogP contribution in [0.5, 0.6) is 0 Å². The second-order valence-electron chi connectivity index (χ2n) is 4.37. The van der Waals surface area contributed by atoms with E-state index in [0.29, 0.717) is 6.07 Å². The number of carbonyl (C=O) groups is 2. The van der Waals surface area contributed by atoms with E-state index >= 15 is 0 Å². The maximum absolute atomic E-state index is 13.8. The van der Waals surface area contributed by atoms with Gasteiger partial charge in [-0.3, -0.25) is 14.9 Å². The van der Waals surface area contributed by atoms with E-state index in [4.69, 9.17) is 9.84 Å². The summed E-state index contributed by atoms with van der Waals surface area (Å²) in [7, 11) is 0. The number of morpholine rings is 1. The molecular weight excluding hydrogens is 287 g/mol. The van der Waals surface area contributed by atoms with E-state index in [-0.39, 0.29) is 25.3 Å². The lowest BCUT2D eigenvalue weighted by molar-refractivity contribution is -0.385. The van der Waals surface area contributed by atoms with Crippen molar-refractivity contribution < 1.29 is 28.7 Å². The van der Waals surface area contributed by atoms with Crippen LogP contribution >= 0.6 is 0 Å². The minimum atomic E-state index is -1.21. The van der Waals surface area contributed by atoms with E-state index in [2.05, 4.69) is 0 Å². The normalized spacial score (nSPS) is 18.3. The molecular formula is C12H11FN2O6. The fourth-order valence-electron chi connectivity index (χ4n) is 1.94. The number of benzene rings is 1. The van der Waals surface area contributed by atoms with Gasteiger partial charge in [0.1, 0.15) is 5.82 Å². The van der Waals surface area contributed by atoms with Gasteiger partial charge in [-0.25, -0.2) is 9.18 Å². The predicted molar refractivity (Wildman–Crippen MR) is 66.3 cm³/mol. The van der Waals surface area contributed by atoms with Crippen molar-refractivity contribution in [1.82, 2.24) is 4.90 Å². The number of ether oxygens (including phenoxy) is 1. The Labute approximate surface area is 117 Å². The first kappa shape index (κ1) is 14.9. The Hall–Kier alpha value is -2.55. The van der Waals surface area contributed by atoms with Crippen molar-refractivity contribution in [2.24, 2.45) is 0 Å². The molecule has 1 N–H and O–H groups in total. The summed E-state index contributed by atoms with van der Waals surface area (Å²) in [5, 5.41) is 19.4. The van der Waals surface area contributed by atoms with Gasteiger partial charge in [-0.1, -0.05) is 0 Å². The number of carboxylic acid groups (broad SMARTS) is 1. The average Bonchev–Trinajstić information content (AvgIpc) is 2.46. The summed E-state index contributed by atoms with van der Waals surface area (Å²) < 4.78 is 18.7. The number of nitro groups is 1. The number of amides is 1. The van der Waals surface area contributed by atoms with Crippen molar-refractivity contribution in [3.05, 3.63) is 39.7 Å². The Morgan fingerprint density at radius 1 is 1.48 bits per heavy atom. The van der Waals surface area contributed by atoms with Crippen LogP contribution in [-0.2, 0) is 9.53 Å². The summed E-state index contributed by atoms with van der Waals surface area (Å²) in [6, 6.07) is 2.69. The molecule has 0 bridgehead atoms. The molecule has 0 spiro atoms. The Balaban J connectivity index is 2.20. The molecule has 1 aliphatic rings. The summed E-state index contributed by atoms with van der Waals surface area (Å²) in [5.41, 5.74) is -0.805. The van der Waals surface area contributed by atoms with Gasteiger partial charge < -0.3 is 14.7 Å². The van der Waals surface area contributed by atoms with Crippen LogP contribution in [0, 0.1) is 15.9 Å². The van der Waals surface area contributed by atoms with Crippen LogP contribution in [0.25, 0.3) is 0 Å². The zero-order chi connectivity index (χ0) is 15.6. The molecule has 0 radical (unpaired) electrons. The molecule has 9 heteroatoms. The van der Waals surface area contributed by atoms with E-state index in [0.717, 1.165) is 17.0 Å². The first-order chi connectivity index (χ1) is 9.90. The minimum absolute atomic E-state index is 0.0251. The largest absolute Gasteiger partial charge is 0.479 e. The second kappa shape index (κ2) is 5.83. The molecule has 1 fully saturated rings. The van der Waals surface area contributed by atoms with Crippen molar-refractivity contribution in [2.75, 3.05) is 19.7 Å². The number of non-ortho nitro benzene ring substituents is 1. The molecule has 1 heterocycles. The highest BCUT2D eigenvalue weighted by molar-refractivity contribution is 5.95. The van der Waals surface area contributed by atoms with E-state index in [9.17, 15) is 24.1 Å². The number of carbonyl (C=O) groups excluding carboxylic acids is 1. The van der Waals surface area contributed by atoms with Gasteiger partial charge in [0.15, 0.2) is 6.10 Å². The molecule has 1 amide bonds. The molecule has 0 saturated carbocycles. The highest BCUT2D eigenvalue weighted by Gasteiger charge is 2.30. The lowest BCUT2D eigenvalue weighted by atomic mass is 10.1. The first-order valence-corrected chi connectivity index (χ1v) is 5.97. The molecule has 0 aromatic heterocycles. The van der Waals surface area contributed by atoms with Crippen molar-refractivity contribution in [3.8, 4) is 0 Å². The minimum Gasteiger partial charge on any atom is -0.479 e. The van der Waals surface area contributed by atoms with E-state index in [1.807, 2.05) is 0 Å². The molecule has 112 valence electrons. The number of halogens is 1. The van der Waals surface area contributed by atoms with E-state index in [1.165, 1.54) is 0 Å². The molecule has 8 nitrogen and oxygen atoms in total. The van der Waals surface area contributed by atoms with Crippen LogP contribution in [0.1, 0.15) is 10.4 Å². The topological polar surface area (TPSA) is 110 Å². The van der Waals surface area contributed by atoms with E-state index < -0.39 is 34.4 Å². The Morgan fingerprint density at radius 3 is 2.76 bits per heavy atom. The van der Waals surface area contributed by atoms with Crippen LogP contribution in [0.15, 0.2) is 18.2 Å². The average molecular weight is 298 g/mol. The highest BCUT2D eigenvalue weighted by atomic mass is 19.1. The van der Waals surface area contributed by atoms with Gasteiger partial charge in [-0.15, -0.1) is 0 Å². The Kier molecular flexibility index (Phi) is 4.13. The third-order valence-corrected chi connectivity index (χ3v) is 3.02. The maximum Gasteiger partial charge on any atom is 0.334 e. The summed E-state index contributed by atoms with van der Waals surface area (Å²) in [4.78, 5) is 33.9. The van der Waals surface area contributed by atoms with Crippen molar-refractivity contribution in [2.45, 2.75) is 6.10 Å². The van der Waals surface area contributed by atoms with Gasteiger partial charge in [-0.05, 0) is 6.07 Å². The Morgan fingerprint density at radius 2 is 2.19 bits per heavy atom. The zero-order valence-corrected chi connectivity index (χ0v) is 10.7. The third kappa shape index (κ3) is 3.14. The molecule has 1 unspecified atom stereocenters. The van der Waals surface area contributed by atoms with Crippen LogP contribution in [-0.4, -0.2) is 52.6 Å². The summed E-state index contributed by atoms with van der Waals surface area (Å²) in [5.74, 6) is -2.96.